The first-order valence-corrected chi connectivity index (χ1v) is 8.29. The van der Waals surface area contributed by atoms with Gasteiger partial charge in [0, 0.05) is 17.0 Å². The van der Waals surface area contributed by atoms with E-state index in [0.29, 0.717) is 12.1 Å². The molecule has 0 aliphatic rings. The van der Waals surface area contributed by atoms with Gasteiger partial charge in [-0.05, 0) is 50.3 Å². The molecule has 0 aliphatic carbocycles. The van der Waals surface area contributed by atoms with Crippen LogP contribution in [0.25, 0.3) is 0 Å². The largest absolute Gasteiger partial charge is 0.304 e. The van der Waals surface area contributed by atoms with E-state index < -0.39 is 0 Å². The molecule has 0 saturated heterocycles. The minimum absolute atomic E-state index is 0.349. The summed E-state index contributed by atoms with van der Waals surface area (Å²) < 4.78 is 0. The quantitative estimate of drug-likeness (QED) is 0.764. The molecule has 2 heteroatoms. The lowest BCUT2D eigenvalue weighted by atomic mass is 10.0. The minimum atomic E-state index is 0.349. The summed E-state index contributed by atoms with van der Waals surface area (Å²) in [5, 5.41) is 3.66. The van der Waals surface area contributed by atoms with E-state index in [2.05, 4.69) is 80.9 Å². The number of rotatable bonds is 5. The fraction of sp³-hybridized carbons (Fsp3) is 0.333. The third kappa shape index (κ3) is 3.87. The zero-order valence-electron chi connectivity index (χ0n) is 12.7. The Morgan fingerprint density at radius 1 is 0.800 bits per heavy atom. The van der Waals surface area contributed by atoms with Crippen molar-refractivity contribution < 1.29 is 0 Å². The summed E-state index contributed by atoms with van der Waals surface area (Å²) in [6, 6.07) is 18.3. The van der Waals surface area contributed by atoms with E-state index in [0.717, 1.165) is 0 Å². The highest BCUT2D eigenvalue weighted by Crippen LogP contribution is 2.22. The Balaban J connectivity index is 2.02. The molecule has 1 nitrogen and oxygen atoms in total. The van der Waals surface area contributed by atoms with Crippen molar-refractivity contribution in [1.29, 1.82) is 0 Å². The predicted octanol–water partition coefficient (Wildman–Crippen LogP) is 5.13. The maximum atomic E-state index is 3.66. The van der Waals surface area contributed by atoms with Crippen molar-refractivity contribution in [1.82, 2.24) is 5.32 Å². The Labute approximate surface area is 126 Å². The van der Waals surface area contributed by atoms with Crippen LogP contribution in [0.2, 0.25) is 0 Å². The van der Waals surface area contributed by atoms with Gasteiger partial charge in [0.05, 0.1) is 0 Å². The molecule has 0 aliphatic heterocycles. The molecule has 2 atom stereocenters. The molecule has 1 unspecified atom stereocenters. The van der Waals surface area contributed by atoms with E-state index in [4.69, 9.17) is 0 Å². The van der Waals surface area contributed by atoms with Crippen LogP contribution in [0.3, 0.4) is 0 Å². The van der Waals surface area contributed by atoms with Gasteiger partial charge in [-0.15, -0.1) is 11.8 Å². The molecule has 0 radical (unpaired) electrons. The topological polar surface area (TPSA) is 12.0 Å². The van der Waals surface area contributed by atoms with Crippen LogP contribution in [-0.2, 0) is 0 Å². The van der Waals surface area contributed by atoms with Crippen molar-refractivity contribution in [3.63, 3.8) is 0 Å². The molecular weight excluding hydrogens is 262 g/mol. The fourth-order valence-electron chi connectivity index (χ4n) is 2.32. The van der Waals surface area contributed by atoms with Crippen molar-refractivity contribution in [3.05, 3.63) is 65.2 Å². The Kier molecular flexibility index (Phi) is 5.27. The smallest absolute Gasteiger partial charge is 0.0297 e. The maximum absolute atomic E-state index is 3.66. The molecular formula is C18H23NS. The maximum Gasteiger partial charge on any atom is 0.0297 e. The van der Waals surface area contributed by atoms with Gasteiger partial charge in [-0.2, -0.15) is 0 Å². The second-order valence-corrected chi connectivity index (χ2v) is 6.17. The van der Waals surface area contributed by atoms with Crippen LogP contribution in [0.1, 0.15) is 42.6 Å². The van der Waals surface area contributed by atoms with Gasteiger partial charge in [0.2, 0.25) is 0 Å². The van der Waals surface area contributed by atoms with Crippen molar-refractivity contribution in [2.24, 2.45) is 0 Å². The van der Waals surface area contributed by atoms with E-state index in [1.807, 2.05) is 0 Å². The van der Waals surface area contributed by atoms with Crippen molar-refractivity contribution >= 4 is 11.8 Å². The van der Waals surface area contributed by atoms with Gasteiger partial charge in [-0.1, -0.05) is 42.0 Å². The third-order valence-electron chi connectivity index (χ3n) is 3.69. The molecule has 0 fully saturated rings. The van der Waals surface area contributed by atoms with Crippen LogP contribution in [0.15, 0.2) is 53.4 Å². The lowest BCUT2D eigenvalue weighted by molar-refractivity contribution is 0.494. The number of hydrogen-bond donors (Lipinski definition) is 1. The second kappa shape index (κ2) is 6.96. The molecule has 1 N–H and O–H groups in total. The molecule has 0 spiro atoms. The van der Waals surface area contributed by atoms with Crippen LogP contribution in [0, 0.1) is 6.92 Å². The van der Waals surface area contributed by atoms with Crippen molar-refractivity contribution in [3.8, 4) is 0 Å². The highest BCUT2D eigenvalue weighted by atomic mass is 32.2. The van der Waals surface area contributed by atoms with Gasteiger partial charge in [-0.3, -0.25) is 0 Å². The molecule has 106 valence electrons. The monoisotopic (exact) mass is 285 g/mol. The van der Waals surface area contributed by atoms with Gasteiger partial charge in [0.1, 0.15) is 0 Å². The van der Waals surface area contributed by atoms with Gasteiger partial charge in [0.15, 0.2) is 0 Å². The number of benzene rings is 2. The normalized spacial score (nSPS) is 14.0. The first-order chi connectivity index (χ1) is 9.60. The summed E-state index contributed by atoms with van der Waals surface area (Å²) in [4.78, 5) is 1.31. The van der Waals surface area contributed by atoms with Crippen molar-refractivity contribution in [2.75, 3.05) is 6.26 Å². The highest BCUT2D eigenvalue weighted by molar-refractivity contribution is 7.98. The summed E-state index contributed by atoms with van der Waals surface area (Å²) in [6.07, 6.45) is 2.11. The molecule has 20 heavy (non-hydrogen) atoms. The van der Waals surface area contributed by atoms with Crippen LogP contribution < -0.4 is 5.32 Å². The van der Waals surface area contributed by atoms with E-state index >= 15 is 0 Å². The lowest BCUT2D eigenvalue weighted by Gasteiger charge is -2.21. The molecule has 0 saturated carbocycles. The van der Waals surface area contributed by atoms with Crippen LogP contribution in [-0.4, -0.2) is 6.26 Å². The van der Waals surface area contributed by atoms with Crippen molar-refractivity contribution in [2.45, 2.75) is 37.8 Å². The molecule has 2 aromatic carbocycles. The van der Waals surface area contributed by atoms with E-state index in [1.165, 1.54) is 21.6 Å². The Hall–Kier alpha value is -1.25. The van der Waals surface area contributed by atoms with E-state index in [1.54, 1.807) is 11.8 Å². The zero-order valence-corrected chi connectivity index (χ0v) is 13.5. The summed E-state index contributed by atoms with van der Waals surface area (Å²) in [5.74, 6) is 0. The molecule has 0 aromatic heterocycles. The standard InChI is InChI=1S/C18H23NS/c1-13-5-7-16(8-6-13)14(2)19-15(3)17-9-11-18(20-4)12-10-17/h5-12,14-15,19H,1-4H3/t14-,15?/m1/s1. The lowest BCUT2D eigenvalue weighted by Crippen LogP contribution is -2.22. The van der Waals surface area contributed by atoms with Gasteiger partial charge in [0.25, 0.3) is 0 Å². The molecule has 0 bridgehead atoms. The second-order valence-electron chi connectivity index (χ2n) is 5.29. The minimum Gasteiger partial charge on any atom is -0.304 e. The summed E-state index contributed by atoms with van der Waals surface area (Å²) in [7, 11) is 0. The first kappa shape index (κ1) is 15.1. The summed E-state index contributed by atoms with van der Waals surface area (Å²) in [5.41, 5.74) is 3.98. The Morgan fingerprint density at radius 2 is 1.25 bits per heavy atom. The van der Waals surface area contributed by atoms with Crippen LogP contribution >= 0.6 is 11.8 Å². The average Bonchev–Trinajstić information content (AvgIpc) is 2.48. The van der Waals surface area contributed by atoms with Crippen LogP contribution in [0.5, 0.6) is 0 Å². The SMILES string of the molecule is CSc1ccc(C(C)N[C@H](C)c2ccc(C)cc2)cc1. The summed E-state index contributed by atoms with van der Waals surface area (Å²) in [6.45, 7) is 6.56. The number of nitrogens with one attached hydrogen (secondary N) is 1. The van der Waals surface area contributed by atoms with Gasteiger partial charge >= 0.3 is 0 Å². The van der Waals surface area contributed by atoms with Gasteiger partial charge < -0.3 is 5.32 Å². The Bertz CT molecular complexity index is 530. The van der Waals surface area contributed by atoms with E-state index in [-0.39, 0.29) is 0 Å². The number of hydrogen-bond acceptors (Lipinski definition) is 2. The number of thioether (sulfide) groups is 1. The van der Waals surface area contributed by atoms with Crippen LogP contribution in [0.4, 0.5) is 0 Å². The molecule has 2 rings (SSSR count). The summed E-state index contributed by atoms with van der Waals surface area (Å²) >= 11 is 1.78. The Morgan fingerprint density at radius 3 is 1.70 bits per heavy atom. The number of aryl methyl sites for hydroxylation is 1. The predicted molar refractivity (Wildman–Crippen MR) is 89.4 cm³/mol. The fourth-order valence-corrected chi connectivity index (χ4v) is 2.72. The van der Waals surface area contributed by atoms with E-state index in [9.17, 15) is 0 Å². The average molecular weight is 285 g/mol. The molecule has 0 heterocycles. The highest BCUT2D eigenvalue weighted by Gasteiger charge is 2.10. The third-order valence-corrected chi connectivity index (χ3v) is 4.44. The zero-order chi connectivity index (χ0) is 14.5. The van der Waals surface area contributed by atoms with Gasteiger partial charge in [-0.25, -0.2) is 0 Å². The molecule has 2 aromatic rings. The molecule has 0 amide bonds. The first-order valence-electron chi connectivity index (χ1n) is 7.06.